The summed E-state index contributed by atoms with van der Waals surface area (Å²) in [6, 6.07) is 5.15. The Hall–Kier alpha value is -3.17. The number of nitrogens with one attached hydrogen (secondary N) is 1. The number of carbonyl (C=O) groups is 2. The largest absolute Gasteiger partial charge is 0.493 e. The number of methoxy groups -OCH3 is 2. The monoisotopic (exact) mass is 498 g/mol. The fourth-order valence-corrected chi connectivity index (χ4v) is 5.47. The van der Waals surface area contributed by atoms with Gasteiger partial charge in [-0.1, -0.05) is 39.0 Å². The molecule has 2 aliphatic rings. The third-order valence-electron chi connectivity index (χ3n) is 7.35. The van der Waals surface area contributed by atoms with Crippen LogP contribution in [0.25, 0.3) is 11.4 Å². The Morgan fingerprint density at radius 2 is 1.75 bits per heavy atom. The highest BCUT2D eigenvalue weighted by molar-refractivity contribution is 5.88. The van der Waals surface area contributed by atoms with Gasteiger partial charge in [-0.15, -0.1) is 10.2 Å². The zero-order valence-corrected chi connectivity index (χ0v) is 21.6. The molecule has 0 saturated heterocycles. The SMILES string of the molecule is CC[C@H](C(=O)NC1CCCC1)N(C(=O)Cn1nnc(-c2ccc(OC)c(OC)c2)n1)C1CCCCC1. The number of hydrogen-bond donors (Lipinski definition) is 1. The molecule has 2 fully saturated rings. The van der Waals surface area contributed by atoms with E-state index in [9.17, 15) is 9.59 Å². The molecule has 2 amide bonds. The quantitative estimate of drug-likeness (QED) is 0.535. The van der Waals surface area contributed by atoms with E-state index in [4.69, 9.17) is 9.47 Å². The van der Waals surface area contributed by atoms with Crippen LogP contribution in [0.2, 0.25) is 0 Å². The summed E-state index contributed by atoms with van der Waals surface area (Å²) >= 11 is 0. The van der Waals surface area contributed by atoms with Crippen molar-refractivity contribution in [3.63, 3.8) is 0 Å². The average Bonchev–Trinajstić information content (AvgIpc) is 3.59. The van der Waals surface area contributed by atoms with Crippen molar-refractivity contribution in [2.75, 3.05) is 14.2 Å². The van der Waals surface area contributed by atoms with Crippen LogP contribution in [0.3, 0.4) is 0 Å². The first-order valence-corrected chi connectivity index (χ1v) is 13.2. The van der Waals surface area contributed by atoms with E-state index in [0.717, 1.165) is 51.4 Å². The Labute approximate surface area is 212 Å². The van der Waals surface area contributed by atoms with Gasteiger partial charge in [-0.25, -0.2) is 0 Å². The number of nitrogens with zero attached hydrogens (tertiary/aromatic N) is 5. The van der Waals surface area contributed by atoms with Crippen LogP contribution in [-0.4, -0.2) is 69.3 Å². The maximum absolute atomic E-state index is 13.7. The van der Waals surface area contributed by atoms with Crippen molar-refractivity contribution in [3.05, 3.63) is 18.2 Å². The molecule has 0 unspecified atom stereocenters. The van der Waals surface area contributed by atoms with Crippen molar-refractivity contribution in [1.29, 1.82) is 0 Å². The average molecular weight is 499 g/mol. The second-order valence-electron chi connectivity index (χ2n) is 9.72. The number of rotatable bonds is 10. The number of hydrogen-bond acceptors (Lipinski definition) is 7. The Morgan fingerprint density at radius 1 is 1.06 bits per heavy atom. The fraction of sp³-hybridized carbons (Fsp3) is 0.654. The molecular weight excluding hydrogens is 460 g/mol. The molecule has 10 nitrogen and oxygen atoms in total. The molecule has 0 spiro atoms. The molecule has 2 saturated carbocycles. The maximum Gasteiger partial charge on any atom is 0.247 e. The number of carbonyl (C=O) groups excluding carboxylic acids is 2. The minimum Gasteiger partial charge on any atom is -0.493 e. The first-order chi connectivity index (χ1) is 17.5. The van der Waals surface area contributed by atoms with E-state index in [1.54, 1.807) is 26.4 Å². The highest BCUT2D eigenvalue weighted by Gasteiger charge is 2.36. The highest BCUT2D eigenvalue weighted by atomic mass is 16.5. The van der Waals surface area contributed by atoms with Gasteiger partial charge in [-0.3, -0.25) is 9.59 Å². The molecule has 2 aromatic rings. The zero-order chi connectivity index (χ0) is 25.5. The van der Waals surface area contributed by atoms with Crippen molar-refractivity contribution >= 4 is 11.8 Å². The fourth-order valence-electron chi connectivity index (χ4n) is 5.47. The van der Waals surface area contributed by atoms with Crippen LogP contribution in [0.1, 0.15) is 71.1 Å². The third kappa shape index (κ3) is 5.96. The van der Waals surface area contributed by atoms with E-state index in [1.807, 2.05) is 17.9 Å². The van der Waals surface area contributed by atoms with Crippen LogP contribution >= 0.6 is 0 Å². The molecule has 10 heteroatoms. The molecule has 0 radical (unpaired) electrons. The summed E-state index contributed by atoms with van der Waals surface area (Å²) in [6.45, 7) is 1.91. The predicted octanol–water partition coefficient (Wildman–Crippen LogP) is 3.36. The molecule has 0 aliphatic heterocycles. The highest BCUT2D eigenvalue weighted by Crippen LogP contribution is 2.31. The topological polar surface area (TPSA) is 111 Å². The smallest absolute Gasteiger partial charge is 0.247 e. The van der Waals surface area contributed by atoms with E-state index in [-0.39, 0.29) is 30.4 Å². The number of amides is 2. The number of benzene rings is 1. The summed E-state index contributed by atoms with van der Waals surface area (Å²) in [5.41, 5.74) is 0.706. The second-order valence-corrected chi connectivity index (χ2v) is 9.72. The van der Waals surface area contributed by atoms with Crippen molar-refractivity contribution in [2.45, 2.75) is 95.8 Å². The summed E-state index contributed by atoms with van der Waals surface area (Å²) in [5, 5.41) is 15.9. The normalized spacial score (nSPS) is 17.5. The minimum atomic E-state index is -0.491. The molecule has 1 heterocycles. The van der Waals surface area contributed by atoms with Gasteiger partial charge in [0.25, 0.3) is 0 Å². The van der Waals surface area contributed by atoms with Gasteiger partial charge in [-0.05, 0) is 55.5 Å². The molecular formula is C26H38N6O4. The number of ether oxygens (including phenoxy) is 2. The van der Waals surface area contributed by atoms with Crippen LogP contribution < -0.4 is 14.8 Å². The molecule has 1 aromatic carbocycles. The van der Waals surface area contributed by atoms with Gasteiger partial charge in [0.15, 0.2) is 11.5 Å². The van der Waals surface area contributed by atoms with Gasteiger partial charge < -0.3 is 19.7 Å². The van der Waals surface area contributed by atoms with E-state index in [0.29, 0.717) is 29.3 Å². The Morgan fingerprint density at radius 3 is 2.42 bits per heavy atom. The van der Waals surface area contributed by atoms with Crippen LogP contribution in [-0.2, 0) is 16.1 Å². The number of aromatic nitrogens is 4. The zero-order valence-electron chi connectivity index (χ0n) is 21.6. The van der Waals surface area contributed by atoms with Gasteiger partial charge >= 0.3 is 0 Å². The molecule has 196 valence electrons. The van der Waals surface area contributed by atoms with Crippen LogP contribution in [0, 0.1) is 0 Å². The van der Waals surface area contributed by atoms with Crippen LogP contribution in [0.5, 0.6) is 11.5 Å². The van der Waals surface area contributed by atoms with Crippen molar-refractivity contribution in [3.8, 4) is 22.9 Å². The molecule has 36 heavy (non-hydrogen) atoms. The van der Waals surface area contributed by atoms with Gasteiger partial charge in [0.2, 0.25) is 17.6 Å². The molecule has 1 aromatic heterocycles. The van der Waals surface area contributed by atoms with Gasteiger partial charge in [0.05, 0.1) is 14.2 Å². The molecule has 4 rings (SSSR count). The summed E-state index contributed by atoms with van der Waals surface area (Å²) in [6.07, 6.45) is 10.0. The van der Waals surface area contributed by atoms with E-state index < -0.39 is 6.04 Å². The van der Waals surface area contributed by atoms with E-state index in [2.05, 4.69) is 20.7 Å². The van der Waals surface area contributed by atoms with Crippen LogP contribution in [0.4, 0.5) is 0 Å². The first-order valence-electron chi connectivity index (χ1n) is 13.2. The lowest BCUT2D eigenvalue weighted by molar-refractivity contribution is -0.145. The van der Waals surface area contributed by atoms with E-state index >= 15 is 0 Å². The summed E-state index contributed by atoms with van der Waals surface area (Å²) in [4.78, 5) is 30.1. The van der Waals surface area contributed by atoms with Gasteiger partial charge in [0, 0.05) is 17.6 Å². The predicted molar refractivity (Wildman–Crippen MR) is 135 cm³/mol. The standard InChI is InChI=1S/C26H38N6O4/c1-4-21(26(34)27-19-10-8-9-11-19)32(20-12-6-5-7-13-20)24(33)17-31-29-25(28-30-31)18-14-15-22(35-2)23(16-18)36-3/h14-16,19-21H,4-13,17H2,1-3H3,(H,27,34)/t21-/m1/s1. The third-order valence-corrected chi connectivity index (χ3v) is 7.35. The lowest BCUT2D eigenvalue weighted by Gasteiger charge is -2.39. The lowest BCUT2D eigenvalue weighted by atomic mass is 9.92. The van der Waals surface area contributed by atoms with Crippen molar-refractivity contribution in [1.82, 2.24) is 30.4 Å². The summed E-state index contributed by atoms with van der Waals surface area (Å²) in [5.74, 6) is 1.37. The lowest BCUT2D eigenvalue weighted by Crippen LogP contribution is -2.56. The minimum absolute atomic E-state index is 0.0408. The first kappa shape index (κ1) is 25.9. The Bertz CT molecular complexity index is 1030. The maximum atomic E-state index is 13.7. The van der Waals surface area contributed by atoms with Crippen LogP contribution in [0.15, 0.2) is 18.2 Å². The molecule has 1 N–H and O–H groups in total. The molecule has 0 bridgehead atoms. The molecule has 1 atom stereocenters. The molecule has 2 aliphatic carbocycles. The Kier molecular flexibility index (Phi) is 8.77. The number of tetrazole rings is 1. The van der Waals surface area contributed by atoms with Gasteiger partial charge in [0.1, 0.15) is 12.6 Å². The summed E-state index contributed by atoms with van der Waals surface area (Å²) < 4.78 is 10.7. The summed E-state index contributed by atoms with van der Waals surface area (Å²) in [7, 11) is 3.14. The van der Waals surface area contributed by atoms with Crippen molar-refractivity contribution in [2.24, 2.45) is 0 Å². The van der Waals surface area contributed by atoms with Gasteiger partial charge in [-0.2, -0.15) is 4.80 Å². The Balaban J connectivity index is 1.51. The van der Waals surface area contributed by atoms with Crippen molar-refractivity contribution < 1.29 is 19.1 Å². The second kappa shape index (κ2) is 12.2. The van der Waals surface area contributed by atoms with E-state index in [1.165, 1.54) is 11.2 Å².